The SMILES string of the molecule is NC(CC1CC2CCC1C2)C1CCCc2ccccc21. The van der Waals surface area contributed by atoms with Crippen LogP contribution in [0.3, 0.4) is 0 Å². The minimum Gasteiger partial charge on any atom is -0.327 e. The highest BCUT2D eigenvalue weighted by atomic mass is 14.7. The molecule has 3 aliphatic rings. The van der Waals surface area contributed by atoms with Gasteiger partial charge in [0.25, 0.3) is 0 Å². The van der Waals surface area contributed by atoms with Crippen LogP contribution in [0.5, 0.6) is 0 Å². The molecule has 0 radical (unpaired) electrons. The zero-order chi connectivity index (χ0) is 13.5. The van der Waals surface area contributed by atoms with E-state index >= 15 is 0 Å². The molecule has 1 aromatic rings. The molecule has 2 fully saturated rings. The second-order valence-electron chi connectivity index (χ2n) is 7.53. The molecular weight excluding hydrogens is 242 g/mol. The molecule has 1 nitrogen and oxygen atoms in total. The first-order valence-electron chi connectivity index (χ1n) is 8.64. The Morgan fingerprint density at radius 3 is 2.80 bits per heavy atom. The fraction of sp³-hybridized carbons (Fsp3) is 0.684. The lowest BCUT2D eigenvalue weighted by Gasteiger charge is -2.33. The fourth-order valence-electron chi connectivity index (χ4n) is 5.42. The highest BCUT2D eigenvalue weighted by molar-refractivity contribution is 5.33. The molecule has 3 aliphatic carbocycles. The normalized spacial score (nSPS) is 36.9. The third kappa shape index (κ3) is 2.20. The molecule has 0 aromatic heterocycles. The Labute approximate surface area is 122 Å². The summed E-state index contributed by atoms with van der Waals surface area (Å²) in [5.41, 5.74) is 9.80. The molecule has 0 aliphatic heterocycles. The summed E-state index contributed by atoms with van der Waals surface area (Å²) in [7, 11) is 0. The molecule has 0 saturated heterocycles. The molecule has 5 atom stereocenters. The van der Waals surface area contributed by atoms with Crippen LogP contribution in [0.15, 0.2) is 24.3 Å². The number of hydrogen-bond acceptors (Lipinski definition) is 1. The van der Waals surface area contributed by atoms with Crippen molar-refractivity contribution in [2.24, 2.45) is 23.5 Å². The number of fused-ring (bicyclic) bond motifs is 3. The van der Waals surface area contributed by atoms with E-state index in [0.717, 1.165) is 17.8 Å². The quantitative estimate of drug-likeness (QED) is 0.871. The van der Waals surface area contributed by atoms with E-state index in [0.29, 0.717) is 12.0 Å². The van der Waals surface area contributed by atoms with Gasteiger partial charge in [0, 0.05) is 6.04 Å². The van der Waals surface area contributed by atoms with Gasteiger partial charge >= 0.3 is 0 Å². The Hall–Kier alpha value is -0.820. The molecule has 1 heteroatoms. The van der Waals surface area contributed by atoms with Crippen LogP contribution in [-0.4, -0.2) is 6.04 Å². The van der Waals surface area contributed by atoms with Crippen LogP contribution >= 0.6 is 0 Å². The topological polar surface area (TPSA) is 26.0 Å². The van der Waals surface area contributed by atoms with Gasteiger partial charge in [0.2, 0.25) is 0 Å². The van der Waals surface area contributed by atoms with Crippen molar-refractivity contribution >= 4 is 0 Å². The molecule has 0 heterocycles. The predicted molar refractivity (Wildman–Crippen MR) is 83.7 cm³/mol. The van der Waals surface area contributed by atoms with Crippen molar-refractivity contribution in [1.82, 2.24) is 0 Å². The maximum Gasteiger partial charge on any atom is 0.0111 e. The van der Waals surface area contributed by atoms with E-state index in [9.17, 15) is 0 Å². The van der Waals surface area contributed by atoms with Crippen LogP contribution in [0, 0.1) is 17.8 Å². The summed E-state index contributed by atoms with van der Waals surface area (Å²) in [5.74, 6) is 3.64. The second-order valence-corrected chi connectivity index (χ2v) is 7.53. The van der Waals surface area contributed by atoms with Crippen molar-refractivity contribution < 1.29 is 0 Å². The van der Waals surface area contributed by atoms with Crippen molar-refractivity contribution in [1.29, 1.82) is 0 Å². The third-order valence-electron chi connectivity index (χ3n) is 6.39. The first-order chi connectivity index (χ1) is 9.81. The van der Waals surface area contributed by atoms with Crippen LogP contribution < -0.4 is 5.73 Å². The van der Waals surface area contributed by atoms with Crippen LogP contribution in [0.4, 0.5) is 0 Å². The first kappa shape index (κ1) is 12.9. The van der Waals surface area contributed by atoms with Crippen molar-refractivity contribution in [3.63, 3.8) is 0 Å². The Morgan fingerprint density at radius 2 is 2.00 bits per heavy atom. The average Bonchev–Trinajstić information content (AvgIpc) is 3.09. The van der Waals surface area contributed by atoms with E-state index in [1.807, 2.05) is 0 Å². The van der Waals surface area contributed by atoms with Gasteiger partial charge in [-0.05, 0) is 79.7 Å². The predicted octanol–water partition coefficient (Wildman–Crippen LogP) is 4.26. The summed E-state index contributed by atoms with van der Waals surface area (Å²) in [6, 6.07) is 9.41. The molecule has 20 heavy (non-hydrogen) atoms. The maximum absolute atomic E-state index is 6.67. The lowest BCUT2D eigenvalue weighted by Crippen LogP contribution is -2.34. The van der Waals surface area contributed by atoms with Crippen LogP contribution in [0.25, 0.3) is 0 Å². The van der Waals surface area contributed by atoms with Gasteiger partial charge in [-0.25, -0.2) is 0 Å². The molecule has 4 rings (SSSR count). The van der Waals surface area contributed by atoms with Crippen LogP contribution in [0.1, 0.15) is 62.0 Å². The van der Waals surface area contributed by atoms with Crippen molar-refractivity contribution in [2.45, 2.75) is 63.3 Å². The monoisotopic (exact) mass is 269 g/mol. The Bertz CT molecular complexity index is 480. The van der Waals surface area contributed by atoms with Gasteiger partial charge in [-0.1, -0.05) is 30.7 Å². The highest BCUT2D eigenvalue weighted by Gasteiger charge is 2.40. The standard InChI is InChI=1S/C19H27N/c20-19(12-16-11-13-8-9-15(16)10-13)18-7-3-5-14-4-1-2-6-17(14)18/h1-2,4,6,13,15-16,18-19H,3,5,7-12,20H2. The lowest BCUT2D eigenvalue weighted by atomic mass is 9.74. The second kappa shape index (κ2) is 5.18. The zero-order valence-corrected chi connectivity index (χ0v) is 12.4. The molecule has 2 N–H and O–H groups in total. The van der Waals surface area contributed by atoms with E-state index in [1.165, 1.54) is 51.4 Å². The molecule has 1 aromatic carbocycles. The molecule has 5 unspecified atom stereocenters. The van der Waals surface area contributed by atoms with Gasteiger partial charge in [-0.3, -0.25) is 0 Å². The third-order valence-corrected chi connectivity index (χ3v) is 6.39. The maximum atomic E-state index is 6.67. The van der Waals surface area contributed by atoms with Crippen LogP contribution in [-0.2, 0) is 6.42 Å². The average molecular weight is 269 g/mol. The minimum atomic E-state index is 0.390. The molecule has 0 spiro atoms. The van der Waals surface area contributed by atoms with Crippen molar-refractivity contribution in [3.05, 3.63) is 35.4 Å². The van der Waals surface area contributed by atoms with Gasteiger partial charge in [-0.2, -0.15) is 0 Å². The zero-order valence-electron chi connectivity index (χ0n) is 12.4. The van der Waals surface area contributed by atoms with Gasteiger partial charge in [0.15, 0.2) is 0 Å². The molecule has 108 valence electrons. The minimum absolute atomic E-state index is 0.390. The number of aryl methyl sites for hydroxylation is 1. The Balaban J connectivity index is 1.48. The summed E-state index contributed by atoms with van der Waals surface area (Å²) < 4.78 is 0. The van der Waals surface area contributed by atoms with Crippen LogP contribution in [0.2, 0.25) is 0 Å². The summed E-state index contributed by atoms with van der Waals surface area (Å²) in [4.78, 5) is 0. The molecule has 2 bridgehead atoms. The number of hydrogen-bond donors (Lipinski definition) is 1. The lowest BCUT2D eigenvalue weighted by molar-refractivity contribution is 0.275. The van der Waals surface area contributed by atoms with E-state index < -0.39 is 0 Å². The number of benzene rings is 1. The van der Waals surface area contributed by atoms with Gasteiger partial charge < -0.3 is 5.73 Å². The highest BCUT2D eigenvalue weighted by Crippen LogP contribution is 2.50. The molecular formula is C19H27N. The summed E-state index contributed by atoms with van der Waals surface area (Å²) >= 11 is 0. The Morgan fingerprint density at radius 1 is 1.10 bits per heavy atom. The fourth-order valence-corrected chi connectivity index (χ4v) is 5.42. The molecule has 2 saturated carbocycles. The van der Waals surface area contributed by atoms with Gasteiger partial charge in [0.05, 0.1) is 0 Å². The summed E-state index contributed by atoms with van der Waals surface area (Å²) in [6.07, 6.45) is 11.1. The van der Waals surface area contributed by atoms with E-state index in [4.69, 9.17) is 5.73 Å². The molecule has 0 amide bonds. The van der Waals surface area contributed by atoms with Crippen molar-refractivity contribution in [3.8, 4) is 0 Å². The number of rotatable bonds is 3. The Kier molecular flexibility index (Phi) is 3.34. The van der Waals surface area contributed by atoms with Gasteiger partial charge in [-0.15, -0.1) is 0 Å². The largest absolute Gasteiger partial charge is 0.327 e. The van der Waals surface area contributed by atoms with Crippen molar-refractivity contribution in [2.75, 3.05) is 0 Å². The van der Waals surface area contributed by atoms with E-state index in [1.54, 1.807) is 11.1 Å². The summed E-state index contributed by atoms with van der Waals surface area (Å²) in [5, 5.41) is 0. The number of nitrogens with two attached hydrogens (primary N) is 1. The van der Waals surface area contributed by atoms with Gasteiger partial charge in [0.1, 0.15) is 0 Å². The summed E-state index contributed by atoms with van der Waals surface area (Å²) in [6.45, 7) is 0. The van der Waals surface area contributed by atoms with E-state index in [2.05, 4.69) is 24.3 Å². The van der Waals surface area contributed by atoms with E-state index in [-0.39, 0.29) is 0 Å². The first-order valence-corrected chi connectivity index (χ1v) is 8.64. The smallest absolute Gasteiger partial charge is 0.0111 e.